The lowest BCUT2D eigenvalue weighted by molar-refractivity contribution is -0.175. The number of hydrogen-bond acceptors (Lipinski definition) is 4. The van der Waals surface area contributed by atoms with Crippen LogP contribution < -0.4 is 4.74 Å². The first-order chi connectivity index (χ1) is 13.8. The summed E-state index contributed by atoms with van der Waals surface area (Å²) in [6.07, 6.45) is -4.74. The molecule has 0 radical (unpaired) electrons. The maximum atomic E-state index is 12.7. The number of rotatable bonds is 6. The molecule has 0 fully saturated rings. The Hall–Kier alpha value is -2.87. The number of benzene rings is 2. The Morgan fingerprint density at radius 1 is 0.933 bits per heavy atom. The van der Waals surface area contributed by atoms with E-state index in [1.165, 1.54) is 38.1 Å². The molecule has 0 saturated heterocycles. The van der Waals surface area contributed by atoms with Crippen LogP contribution in [-0.2, 0) is 9.59 Å². The Morgan fingerprint density at radius 3 is 1.83 bits per heavy atom. The van der Waals surface area contributed by atoms with Crippen LogP contribution in [0, 0.1) is 0 Å². The molecule has 0 N–H and O–H groups in total. The standard InChI is InChI=1S/C21H19ClF3NO4/c1-13(27)26(12-21(23,24)25)19(29)20(2,3)30-17-10-6-15(7-11-17)18(28)14-4-8-16(22)9-5-14/h4-11H,12H2,1-3H3. The first-order valence-electron chi connectivity index (χ1n) is 8.79. The summed E-state index contributed by atoms with van der Waals surface area (Å²) in [6, 6.07) is 12.1. The van der Waals surface area contributed by atoms with Gasteiger partial charge in [0.15, 0.2) is 11.4 Å². The molecule has 0 aromatic heterocycles. The number of halogens is 4. The first kappa shape index (κ1) is 23.4. The summed E-state index contributed by atoms with van der Waals surface area (Å²) < 4.78 is 43.6. The van der Waals surface area contributed by atoms with E-state index in [0.29, 0.717) is 16.1 Å². The number of nitrogens with zero attached hydrogens (tertiary/aromatic N) is 1. The van der Waals surface area contributed by atoms with Crippen LogP contribution in [0.4, 0.5) is 13.2 Å². The van der Waals surface area contributed by atoms with E-state index in [0.717, 1.165) is 6.92 Å². The van der Waals surface area contributed by atoms with E-state index >= 15 is 0 Å². The number of ether oxygens (including phenoxy) is 1. The minimum Gasteiger partial charge on any atom is -0.478 e. The van der Waals surface area contributed by atoms with E-state index in [-0.39, 0.29) is 16.4 Å². The van der Waals surface area contributed by atoms with Gasteiger partial charge in [0, 0.05) is 23.1 Å². The number of carbonyl (C=O) groups excluding carboxylic acids is 3. The molecule has 2 aromatic rings. The van der Waals surface area contributed by atoms with Crippen molar-refractivity contribution in [2.75, 3.05) is 6.54 Å². The van der Waals surface area contributed by atoms with Crippen LogP contribution in [0.1, 0.15) is 36.7 Å². The summed E-state index contributed by atoms with van der Waals surface area (Å²) in [5.41, 5.74) is -0.984. The number of hydrogen-bond donors (Lipinski definition) is 0. The number of amides is 2. The van der Waals surface area contributed by atoms with E-state index in [1.54, 1.807) is 24.3 Å². The third-order valence-corrected chi connectivity index (χ3v) is 4.33. The zero-order valence-electron chi connectivity index (χ0n) is 16.4. The average Bonchev–Trinajstić information content (AvgIpc) is 2.65. The van der Waals surface area contributed by atoms with Gasteiger partial charge < -0.3 is 4.74 Å². The van der Waals surface area contributed by atoms with Gasteiger partial charge in [0.25, 0.3) is 5.91 Å². The van der Waals surface area contributed by atoms with Gasteiger partial charge in [0.2, 0.25) is 5.91 Å². The summed E-state index contributed by atoms with van der Waals surface area (Å²) in [5.74, 6) is -2.29. The smallest absolute Gasteiger partial charge is 0.406 e. The zero-order valence-corrected chi connectivity index (χ0v) is 17.2. The lowest BCUT2D eigenvalue weighted by atomic mass is 10.0. The number of ketones is 1. The second-order valence-corrected chi connectivity index (χ2v) is 7.43. The van der Waals surface area contributed by atoms with Crippen molar-refractivity contribution in [3.63, 3.8) is 0 Å². The van der Waals surface area contributed by atoms with Gasteiger partial charge in [-0.25, -0.2) is 0 Å². The van der Waals surface area contributed by atoms with Crippen LogP contribution in [0.25, 0.3) is 0 Å². The molecule has 0 atom stereocenters. The van der Waals surface area contributed by atoms with Gasteiger partial charge in [-0.15, -0.1) is 0 Å². The molecular weight excluding hydrogens is 423 g/mol. The van der Waals surface area contributed by atoms with Crippen LogP contribution in [0.15, 0.2) is 48.5 Å². The van der Waals surface area contributed by atoms with Gasteiger partial charge in [-0.3, -0.25) is 19.3 Å². The van der Waals surface area contributed by atoms with E-state index < -0.39 is 30.1 Å². The Morgan fingerprint density at radius 2 is 1.40 bits per heavy atom. The Labute approximate surface area is 176 Å². The molecule has 0 aliphatic carbocycles. The fourth-order valence-electron chi connectivity index (χ4n) is 2.61. The molecule has 9 heteroatoms. The molecule has 30 heavy (non-hydrogen) atoms. The lowest BCUT2D eigenvalue weighted by Crippen LogP contribution is -2.53. The van der Waals surface area contributed by atoms with Crippen LogP contribution in [0.2, 0.25) is 5.02 Å². The fourth-order valence-corrected chi connectivity index (χ4v) is 2.74. The predicted octanol–water partition coefficient (Wildman–Crippen LogP) is 4.67. The molecule has 2 aromatic carbocycles. The van der Waals surface area contributed by atoms with Gasteiger partial charge in [-0.1, -0.05) is 11.6 Å². The van der Waals surface area contributed by atoms with E-state index in [1.807, 2.05) is 0 Å². The lowest BCUT2D eigenvalue weighted by Gasteiger charge is -2.31. The molecule has 0 bridgehead atoms. The summed E-state index contributed by atoms with van der Waals surface area (Å²) in [6.45, 7) is 1.68. The number of imide groups is 1. The van der Waals surface area contributed by atoms with Crippen molar-refractivity contribution in [3.05, 3.63) is 64.7 Å². The molecule has 2 rings (SSSR count). The quantitative estimate of drug-likeness (QED) is 0.611. The molecular formula is C21H19ClF3NO4. The van der Waals surface area contributed by atoms with E-state index in [9.17, 15) is 27.6 Å². The highest BCUT2D eigenvalue weighted by Gasteiger charge is 2.42. The van der Waals surface area contributed by atoms with Crippen molar-refractivity contribution >= 4 is 29.2 Å². The minimum absolute atomic E-state index is 0.0957. The summed E-state index contributed by atoms with van der Waals surface area (Å²) >= 11 is 5.81. The van der Waals surface area contributed by atoms with Crippen molar-refractivity contribution < 1.29 is 32.3 Å². The van der Waals surface area contributed by atoms with Crippen molar-refractivity contribution in [1.82, 2.24) is 4.90 Å². The second kappa shape index (κ2) is 8.87. The molecule has 160 valence electrons. The number of alkyl halides is 3. The summed E-state index contributed by atoms with van der Waals surface area (Å²) in [5, 5.41) is 0.493. The highest BCUT2D eigenvalue weighted by atomic mass is 35.5. The molecule has 0 spiro atoms. The van der Waals surface area contributed by atoms with Crippen LogP contribution >= 0.6 is 11.6 Å². The Kier molecular flexibility index (Phi) is 6.92. The maximum Gasteiger partial charge on any atom is 0.406 e. The van der Waals surface area contributed by atoms with Crippen molar-refractivity contribution in [1.29, 1.82) is 0 Å². The SMILES string of the molecule is CC(=O)N(CC(F)(F)F)C(=O)C(C)(C)Oc1ccc(C(=O)c2ccc(Cl)cc2)cc1. The van der Waals surface area contributed by atoms with Gasteiger partial charge in [0.05, 0.1) is 0 Å². The fraction of sp³-hybridized carbons (Fsp3) is 0.286. The molecule has 0 unspecified atom stereocenters. The highest BCUT2D eigenvalue weighted by molar-refractivity contribution is 6.30. The maximum absolute atomic E-state index is 12.7. The Bertz CT molecular complexity index is 938. The first-order valence-corrected chi connectivity index (χ1v) is 9.16. The van der Waals surface area contributed by atoms with Crippen molar-refractivity contribution in [3.8, 4) is 5.75 Å². The van der Waals surface area contributed by atoms with E-state index in [4.69, 9.17) is 16.3 Å². The molecule has 0 heterocycles. The molecule has 2 amide bonds. The van der Waals surface area contributed by atoms with Crippen LogP contribution in [-0.4, -0.2) is 40.8 Å². The topological polar surface area (TPSA) is 63.7 Å². The molecule has 0 saturated carbocycles. The second-order valence-electron chi connectivity index (χ2n) is 7.00. The zero-order chi connectivity index (χ0) is 22.7. The normalized spacial score (nSPS) is 11.7. The van der Waals surface area contributed by atoms with Crippen LogP contribution in [0.3, 0.4) is 0 Å². The van der Waals surface area contributed by atoms with Gasteiger partial charge in [0.1, 0.15) is 12.3 Å². The highest BCUT2D eigenvalue weighted by Crippen LogP contribution is 2.24. The molecule has 0 aliphatic heterocycles. The third-order valence-electron chi connectivity index (χ3n) is 4.07. The third kappa shape index (κ3) is 6.06. The van der Waals surface area contributed by atoms with Gasteiger partial charge in [-0.2, -0.15) is 13.2 Å². The Balaban J connectivity index is 2.16. The molecule has 5 nitrogen and oxygen atoms in total. The summed E-state index contributed by atoms with van der Waals surface area (Å²) in [7, 11) is 0. The average molecular weight is 442 g/mol. The van der Waals surface area contributed by atoms with Gasteiger partial charge in [-0.05, 0) is 62.4 Å². The monoisotopic (exact) mass is 441 g/mol. The predicted molar refractivity (Wildman–Crippen MR) is 104 cm³/mol. The minimum atomic E-state index is -4.74. The largest absolute Gasteiger partial charge is 0.478 e. The van der Waals surface area contributed by atoms with E-state index in [2.05, 4.69) is 0 Å². The summed E-state index contributed by atoms with van der Waals surface area (Å²) in [4.78, 5) is 36.6. The van der Waals surface area contributed by atoms with Gasteiger partial charge >= 0.3 is 6.18 Å². The van der Waals surface area contributed by atoms with Crippen molar-refractivity contribution in [2.45, 2.75) is 32.5 Å². The number of carbonyl (C=O) groups is 3. The van der Waals surface area contributed by atoms with Crippen LogP contribution in [0.5, 0.6) is 5.75 Å². The van der Waals surface area contributed by atoms with Crippen molar-refractivity contribution in [2.24, 2.45) is 0 Å². The molecule has 0 aliphatic rings.